The van der Waals surface area contributed by atoms with Gasteiger partial charge in [0, 0.05) is 25.4 Å². The Kier molecular flexibility index (Phi) is 5.14. The molecular weight excluding hydrogens is 214 g/mol. The summed E-state index contributed by atoms with van der Waals surface area (Å²) in [5.74, 6) is 0.617. The molecule has 0 aromatic rings. The number of carbonyl (C=O) groups excluding carboxylic acids is 1. The normalized spacial score (nSPS) is 26.2. The Morgan fingerprint density at radius 1 is 1.53 bits per heavy atom. The Bertz CT molecular complexity index is 261. The van der Waals surface area contributed by atoms with Crippen molar-refractivity contribution >= 4 is 5.78 Å². The lowest BCUT2D eigenvalue weighted by molar-refractivity contribution is -0.127. The van der Waals surface area contributed by atoms with Gasteiger partial charge < -0.3 is 10.0 Å². The van der Waals surface area contributed by atoms with E-state index in [2.05, 4.69) is 18.7 Å². The minimum atomic E-state index is -0.254. The highest BCUT2D eigenvalue weighted by molar-refractivity contribution is 5.82. The molecule has 0 saturated heterocycles. The van der Waals surface area contributed by atoms with Gasteiger partial charge in [-0.25, -0.2) is 0 Å². The fourth-order valence-electron chi connectivity index (χ4n) is 2.59. The first-order valence-electron chi connectivity index (χ1n) is 6.69. The zero-order valence-electron chi connectivity index (χ0n) is 11.7. The molecular formula is C14H27NO2. The summed E-state index contributed by atoms with van der Waals surface area (Å²) in [5, 5.41) is 9.25. The van der Waals surface area contributed by atoms with Gasteiger partial charge in [0.05, 0.1) is 6.10 Å². The molecule has 0 radical (unpaired) electrons. The predicted octanol–water partition coefficient (Wildman–Crippen LogP) is 2.08. The molecule has 17 heavy (non-hydrogen) atoms. The van der Waals surface area contributed by atoms with Crippen molar-refractivity contribution in [3.8, 4) is 0 Å². The van der Waals surface area contributed by atoms with Gasteiger partial charge in [-0.2, -0.15) is 0 Å². The molecule has 0 amide bonds. The fraction of sp³-hybridized carbons (Fsp3) is 0.929. The molecule has 100 valence electrons. The maximum absolute atomic E-state index is 11.9. The first-order chi connectivity index (χ1) is 7.80. The van der Waals surface area contributed by atoms with Gasteiger partial charge in [-0.3, -0.25) is 4.79 Å². The molecule has 2 atom stereocenters. The minimum absolute atomic E-state index is 0.192. The number of aliphatic hydroxyl groups excluding tert-OH is 1. The molecule has 1 aliphatic rings. The van der Waals surface area contributed by atoms with Crippen LogP contribution in [-0.4, -0.2) is 42.0 Å². The van der Waals surface area contributed by atoms with Crippen molar-refractivity contribution in [3.63, 3.8) is 0 Å². The third-order valence-corrected chi connectivity index (χ3v) is 3.76. The van der Waals surface area contributed by atoms with Gasteiger partial charge in [-0.1, -0.05) is 13.8 Å². The second-order valence-corrected chi connectivity index (χ2v) is 6.43. The van der Waals surface area contributed by atoms with Crippen LogP contribution < -0.4 is 0 Å². The molecule has 1 fully saturated rings. The van der Waals surface area contributed by atoms with Gasteiger partial charge in [0.15, 0.2) is 0 Å². The van der Waals surface area contributed by atoms with Crippen LogP contribution in [0.15, 0.2) is 0 Å². The molecule has 1 aliphatic carbocycles. The summed E-state index contributed by atoms with van der Waals surface area (Å²) in [7, 11) is 2.04. The molecule has 1 N–H and O–H groups in total. The van der Waals surface area contributed by atoms with Crippen molar-refractivity contribution in [3.05, 3.63) is 0 Å². The second-order valence-electron chi connectivity index (χ2n) is 6.43. The van der Waals surface area contributed by atoms with Crippen LogP contribution in [0.1, 0.15) is 46.5 Å². The van der Waals surface area contributed by atoms with Crippen LogP contribution in [0, 0.1) is 11.3 Å². The van der Waals surface area contributed by atoms with Crippen molar-refractivity contribution in [2.24, 2.45) is 11.3 Å². The van der Waals surface area contributed by atoms with Gasteiger partial charge in [0.25, 0.3) is 0 Å². The van der Waals surface area contributed by atoms with E-state index < -0.39 is 0 Å². The Balaban J connectivity index is 2.40. The number of nitrogens with zero attached hydrogens (tertiary/aromatic N) is 1. The largest absolute Gasteiger partial charge is 0.393 e. The first kappa shape index (κ1) is 14.7. The third kappa shape index (κ3) is 5.17. The second kappa shape index (κ2) is 5.96. The molecule has 1 saturated carbocycles. The fourth-order valence-corrected chi connectivity index (χ4v) is 2.59. The molecule has 0 heterocycles. The Morgan fingerprint density at radius 3 is 2.76 bits per heavy atom. The summed E-state index contributed by atoms with van der Waals surface area (Å²) >= 11 is 0. The lowest BCUT2D eigenvalue weighted by Crippen LogP contribution is -2.38. The van der Waals surface area contributed by atoms with E-state index in [1.807, 2.05) is 14.0 Å². The van der Waals surface area contributed by atoms with E-state index in [1.165, 1.54) is 0 Å². The van der Waals surface area contributed by atoms with E-state index >= 15 is 0 Å². The van der Waals surface area contributed by atoms with Crippen LogP contribution >= 0.6 is 0 Å². The molecule has 0 bridgehead atoms. The highest BCUT2D eigenvalue weighted by Gasteiger charge is 2.33. The van der Waals surface area contributed by atoms with Crippen molar-refractivity contribution < 1.29 is 9.90 Å². The van der Waals surface area contributed by atoms with E-state index in [0.29, 0.717) is 11.2 Å². The average molecular weight is 241 g/mol. The number of hydrogen-bond acceptors (Lipinski definition) is 3. The Labute approximate surface area is 105 Å². The maximum Gasteiger partial charge on any atom is 0.137 e. The smallest absolute Gasteiger partial charge is 0.137 e. The minimum Gasteiger partial charge on any atom is -0.393 e. The summed E-state index contributed by atoms with van der Waals surface area (Å²) in [6.45, 7) is 8.02. The SMILES string of the molecule is CC(O)CCN(C)CC1CC(C)(C)CCC1=O. The van der Waals surface area contributed by atoms with Crippen LogP contribution in [0.4, 0.5) is 0 Å². The van der Waals surface area contributed by atoms with Crippen molar-refractivity contribution in [1.29, 1.82) is 0 Å². The zero-order chi connectivity index (χ0) is 13.1. The number of Topliss-reactive ketones (excluding diaryl/α,β-unsaturated/α-hetero) is 1. The third-order valence-electron chi connectivity index (χ3n) is 3.76. The molecule has 3 heteroatoms. The summed E-state index contributed by atoms with van der Waals surface area (Å²) in [6.07, 6.45) is 3.30. The van der Waals surface area contributed by atoms with Crippen LogP contribution in [0.5, 0.6) is 0 Å². The molecule has 2 unspecified atom stereocenters. The number of carbonyl (C=O) groups is 1. The lowest BCUT2D eigenvalue weighted by Gasteiger charge is -2.36. The van der Waals surface area contributed by atoms with E-state index in [9.17, 15) is 9.90 Å². The standard InChI is InChI=1S/C14H27NO2/c1-11(16)6-8-15(4)10-12-9-14(2,3)7-5-13(12)17/h11-12,16H,5-10H2,1-4H3. The highest BCUT2D eigenvalue weighted by atomic mass is 16.3. The average Bonchev–Trinajstić information content (AvgIpc) is 2.20. The summed E-state index contributed by atoms with van der Waals surface area (Å²) < 4.78 is 0. The molecule has 1 rings (SSSR count). The van der Waals surface area contributed by atoms with Crippen LogP contribution in [0.25, 0.3) is 0 Å². The molecule has 0 aromatic carbocycles. The Morgan fingerprint density at radius 2 is 2.18 bits per heavy atom. The summed E-state index contributed by atoms with van der Waals surface area (Å²) in [4.78, 5) is 14.1. The van der Waals surface area contributed by atoms with E-state index in [4.69, 9.17) is 0 Å². The van der Waals surface area contributed by atoms with Crippen LogP contribution in [0.3, 0.4) is 0 Å². The van der Waals surface area contributed by atoms with Gasteiger partial charge in [-0.15, -0.1) is 0 Å². The van der Waals surface area contributed by atoms with Crippen molar-refractivity contribution in [2.75, 3.05) is 20.1 Å². The van der Waals surface area contributed by atoms with Gasteiger partial charge in [-0.05, 0) is 38.6 Å². The van der Waals surface area contributed by atoms with Gasteiger partial charge in [0.2, 0.25) is 0 Å². The van der Waals surface area contributed by atoms with E-state index in [0.717, 1.165) is 38.8 Å². The highest BCUT2D eigenvalue weighted by Crippen LogP contribution is 2.36. The number of ketones is 1. The number of rotatable bonds is 5. The number of hydrogen-bond donors (Lipinski definition) is 1. The Hall–Kier alpha value is -0.410. The topological polar surface area (TPSA) is 40.5 Å². The van der Waals surface area contributed by atoms with Gasteiger partial charge >= 0.3 is 0 Å². The van der Waals surface area contributed by atoms with Crippen molar-refractivity contribution in [1.82, 2.24) is 4.90 Å². The summed E-state index contributed by atoms with van der Waals surface area (Å²) in [5.41, 5.74) is 0.309. The van der Waals surface area contributed by atoms with Crippen molar-refractivity contribution in [2.45, 2.75) is 52.6 Å². The quantitative estimate of drug-likeness (QED) is 0.801. The monoisotopic (exact) mass is 241 g/mol. The van der Waals surface area contributed by atoms with E-state index in [-0.39, 0.29) is 12.0 Å². The molecule has 3 nitrogen and oxygen atoms in total. The van der Waals surface area contributed by atoms with Gasteiger partial charge in [0.1, 0.15) is 5.78 Å². The molecule has 0 aliphatic heterocycles. The number of aliphatic hydroxyl groups is 1. The zero-order valence-corrected chi connectivity index (χ0v) is 11.7. The maximum atomic E-state index is 11.9. The van der Waals surface area contributed by atoms with Crippen LogP contribution in [0.2, 0.25) is 0 Å². The van der Waals surface area contributed by atoms with Crippen LogP contribution in [-0.2, 0) is 4.79 Å². The molecule has 0 spiro atoms. The first-order valence-corrected chi connectivity index (χ1v) is 6.69. The van der Waals surface area contributed by atoms with E-state index in [1.54, 1.807) is 0 Å². The lowest BCUT2D eigenvalue weighted by atomic mass is 9.71. The molecule has 0 aromatic heterocycles. The predicted molar refractivity (Wildman–Crippen MR) is 69.9 cm³/mol. The summed E-state index contributed by atoms with van der Waals surface area (Å²) in [6, 6.07) is 0.